The first kappa shape index (κ1) is 12.9. The van der Waals surface area contributed by atoms with Gasteiger partial charge in [0.05, 0.1) is 6.61 Å². The number of hydrogen-bond donors (Lipinski definition) is 1. The summed E-state index contributed by atoms with van der Waals surface area (Å²) in [5.41, 5.74) is 0.975. The van der Waals surface area contributed by atoms with E-state index in [1.54, 1.807) is 7.11 Å². The topological polar surface area (TPSA) is 60.2 Å². The van der Waals surface area contributed by atoms with Gasteiger partial charge < -0.3 is 14.6 Å². The lowest BCUT2D eigenvalue weighted by Crippen LogP contribution is -2.07. The van der Waals surface area contributed by atoms with Crippen molar-refractivity contribution in [2.24, 2.45) is 0 Å². The zero-order valence-corrected chi connectivity index (χ0v) is 10.8. The molecule has 0 atom stereocenters. The molecule has 18 heavy (non-hydrogen) atoms. The predicted molar refractivity (Wildman–Crippen MR) is 68.9 cm³/mol. The average molecular weight is 268 g/mol. The van der Waals surface area contributed by atoms with E-state index in [1.165, 1.54) is 0 Å². The monoisotopic (exact) mass is 267 g/mol. The van der Waals surface area contributed by atoms with Gasteiger partial charge in [0.2, 0.25) is 0 Å². The van der Waals surface area contributed by atoms with Crippen LogP contribution in [0.4, 0.5) is 6.01 Å². The highest BCUT2D eigenvalue weighted by atomic mass is 35.5. The van der Waals surface area contributed by atoms with Crippen LogP contribution >= 0.6 is 11.6 Å². The number of benzene rings is 1. The molecule has 0 aliphatic rings. The molecule has 0 radical (unpaired) electrons. The first-order chi connectivity index (χ1) is 8.79. The summed E-state index contributed by atoms with van der Waals surface area (Å²) in [7, 11) is 1.64. The fourth-order valence-corrected chi connectivity index (χ4v) is 1.67. The van der Waals surface area contributed by atoms with Crippen LogP contribution in [0.1, 0.15) is 11.4 Å². The lowest BCUT2D eigenvalue weighted by atomic mass is 10.1. The van der Waals surface area contributed by atoms with Gasteiger partial charge in [-0.3, -0.25) is 0 Å². The maximum atomic E-state index is 6.07. The van der Waals surface area contributed by atoms with Gasteiger partial charge in [-0.15, -0.1) is 0 Å². The minimum Gasteiger partial charge on any atom is -0.383 e. The van der Waals surface area contributed by atoms with Crippen LogP contribution in [0.3, 0.4) is 0 Å². The highest BCUT2D eigenvalue weighted by molar-refractivity contribution is 6.31. The number of anilines is 1. The number of methoxy groups -OCH3 is 1. The quantitative estimate of drug-likeness (QED) is 0.814. The molecule has 0 saturated carbocycles. The van der Waals surface area contributed by atoms with E-state index in [0.29, 0.717) is 36.4 Å². The van der Waals surface area contributed by atoms with Crippen LogP contribution < -0.4 is 5.32 Å². The molecule has 5 nitrogen and oxygen atoms in total. The minimum absolute atomic E-state index is 0.397. The van der Waals surface area contributed by atoms with Crippen LogP contribution in [0, 0.1) is 0 Å². The summed E-state index contributed by atoms with van der Waals surface area (Å²) in [6, 6.07) is 8.00. The Bertz CT molecular complexity index is 502. The van der Waals surface area contributed by atoms with E-state index in [9.17, 15) is 0 Å². The Kier molecular flexibility index (Phi) is 4.55. The Balaban J connectivity index is 1.96. The molecule has 2 rings (SSSR count). The number of ether oxygens (including phenoxy) is 1. The smallest absolute Gasteiger partial charge is 0.321 e. The standard InChI is InChI=1S/C12H14ClN3O2/c1-17-7-6-14-12-15-11(16-18-12)8-9-4-2-3-5-10(9)13/h2-5H,6-8H2,1H3,(H,14,15,16). The van der Waals surface area contributed by atoms with Gasteiger partial charge in [-0.2, -0.15) is 4.98 Å². The molecule has 0 unspecified atom stereocenters. The molecule has 1 aromatic heterocycles. The summed E-state index contributed by atoms with van der Waals surface area (Å²) in [4.78, 5) is 4.22. The van der Waals surface area contributed by atoms with Gasteiger partial charge in [0.15, 0.2) is 5.82 Å². The molecule has 1 heterocycles. The molecule has 0 aliphatic carbocycles. The van der Waals surface area contributed by atoms with Gasteiger partial charge in [-0.05, 0) is 11.6 Å². The Hall–Kier alpha value is -1.59. The number of halogens is 1. The maximum absolute atomic E-state index is 6.07. The van der Waals surface area contributed by atoms with Gasteiger partial charge in [-0.1, -0.05) is 35.0 Å². The molecule has 1 N–H and O–H groups in total. The van der Waals surface area contributed by atoms with E-state index in [1.807, 2.05) is 24.3 Å². The predicted octanol–water partition coefficient (Wildman–Crippen LogP) is 2.37. The Labute approximate surface area is 110 Å². The summed E-state index contributed by atoms with van der Waals surface area (Å²) < 4.78 is 9.96. The van der Waals surface area contributed by atoms with Crippen LogP contribution in [-0.2, 0) is 11.2 Å². The second-order valence-corrected chi connectivity index (χ2v) is 4.11. The highest BCUT2D eigenvalue weighted by Gasteiger charge is 2.08. The molecule has 96 valence electrons. The summed E-state index contributed by atoms with van der Waals surface area (Å²) >= 11 is 6.07. The molecule has 1 aromatic carbocycles. The lowest BCUT2D eigenvalue weighted by Gasteiger charge is -1.99. The molecule has 0 fully saturated rings. The van der Waals surface area contributed by atoms with E-state index in [4.69, 9.17) is 20.9 Å². The van der Waals surface area contributed by atoms with Crippen molar-refractivity contribution in [2.75, 3.05) is 25.6 Å². The van der Waals surface area contributed by atoms with E-state index in [-0.39, 0.29) is 0 Å². The van der Waals surface area contributed by atoms with E-state index in [2.05, 4.69) is 15.5 Å². The first-order valence-corrected chi connectivity index (χ1v) is 5.96. The Morgan fingerprint density at radius 1 is 1.39 bits per heavy atom. The van der Waals surface area contributed by atoms with Gasteiger partial charge in [0.25, 0.3) is 0 Å². The normalized spacial score (nSPS) is 10.6. The summed E-state index contributed by atoms with van der Waals surface area (Å²) in [6.07, 6.45) is 0.551. The molecular formula is C12H14ClN3O2. The van der Waals surface area contributed by atoms with Crippen molar-refractivity contribution in [3.05, 3.63) is 40.7 Å². The third-order valence-corrected chi connectivity index (χ3v) is 2.73. The third kappa shape index (κ3) is 3.45. The molecule has 2 aromatic rings. The molecule has 0 amide bonds. The van der Waals surface area contributed by atoms with Crippen LogP contribution in [-0.4, -0.2) is 30.4 Å². The van der Waals surface area contributed by atoms with Crippen molar-refractivity contribution < 1.29 is 9.26 Å². The van der Waals surface area contributed by atoms with Crippen molar-refractivity contribution in [3.8, 4) is 0 Å². The van der Waals surface area contributed by atoms with E-state index >= 15 is 0 Å². The van der Waals surface area contributed by atoms with E-state index in [0.717, 1.165) is 5.56 Å². The second-order valence-electron chi connectivity index (χ2n) is 3.70. The van der Waals surface area contributed by atoms with Crippen LogP contribution in [0.2, 0.25) is 5.02 Å². The van der Waals surface area contributed by atoms with Gasteiger partial charge in [-0.25, -0.2) is 0 Å². The number of rotatable bonds is 6. The molecule has 0 bridgehead atoms. The van der Waals surface area contributed by atoms with Crippen LogP contribution in [0.25, 0.3) is 0 Å². The zero-order chi connectivity index (χ0) is 12.8. The van der Waals surface area contributed by atoms with Gasteiger partial charge in [0, 0.05) is 25.1 Å². The highest BCUT2D eigenvalue weighted by Crippen LogP contribution is 2.18. The fraction of sp³-hybridized carbons (Fsp3) is 0.333. The molecule has 6 heteroatoms. The molecular weight excluding hydrogens is 254 g/mol. The van der Waals surface area contributed by atoms with Crippen LogP contribution in [0.15, 0.2) is 28.8 Å². The first-order valence-electron chi connectivity index (χ1n) is 5.58. The summed E-state index contributed by atoms with van der Waals surface area (Å²) in [6.45, 7) is 1.21. The number of nitrogens with one attached hydrogen (secondary N) is 1. The molecule has 0 aliphatic heterocycles. The van der Waals surface area contributed by atoms with Gasteiger partial charge in [0.1, 0.15) is 0 Å². The average Bonchev–Trinajstić information content (AvgIpc) is 2.80. The van der Waals surface area contributed by atoms with Gasteiger partial charge >= 0.3 is 6.01 Å². The fourth-order valence-electron chi connectivity index (χ4n) is 1.47. The third-order valence-electron chi connectivity index (χ3n) is 2.36. The van der Waals surface area contributed by atoms with Crippen molar-refractivity contribution in [2.45, 2.75) is 6.42 Å². The maximum Gasteiger partial charge on any atom is 0.321 e. The molecule has 0 saturated heterocycles. The SMILES string of the molecule is COCCNc1nc(Cc2ccccc2Cl)no1. The Morgan fingerprint density at radius 3 is 3.00 bits per heavy atom. The van der Waals surface area contributed by atoms with Crippen molar-refractivity contribution in [1.82, 2.24) is 10.1 Å². The van der Waals surface area contributed by atoms with Crippen molar-refractivity contribution in [3.63, 3.8) is 0 Å². The number of aromatic nitrogens is 2. The summed E-state index contributed by atoms with van der Waals surface area (Å²) in [5.74, 6) is 0.600. The zero-order valence-electron chi connectivity index (χ0n) is 10.0. The molecule has 0 spiro atoms. The number of nitrogens with zero attached hydrogens (tertiary/aromatic N) is 2. The van der Waals surface area contributed by atoms with Crippen molar-refractivity contribution >= 4 is 17.6 Å². The lowest BCUT2D eigenvalue weighted by molar-refractivity contribution is 0.210. The minimum atomic E-state index is 0.397. The summed E-state index contributed by atoms with van der Waals surface area (Å²) in [5, 5.41) is 7.56. The van der Waals surface area contributed by atoms with Crippen molar-refractivity contribution in [1.29, 1.82) is 0 Å². The largest absolute Gasteiger partial charge is 0.383 e. The number of hydrogen-bond acceptors (Lipinski definition) is 5. The Morgan fingerprint density at radius 2 is 2.22 bits per heavy atom. The van der Waals surface area contributed by atoms with Crippen LogP contribution in [0.5, 0.6) is 0 Å². The second kappa shape index (κ2) is 6.37. The van der Waals surface area contributed by atoms with E-state index < -0.39 is 0 Å².